The Kier molecular flexibility index (Phi) is 4.88. The molecule has 0 N–H and O–H groups in total. The molecule has 2 aliphatic heterocycles. The number of hydrogen-bond donors (Lipinski definition) is 0. The van der Waals surface area contributed by atoms with Gasteiger partial charge >= 0.3 is 0 Å². The Hall–Kier alpha value is -2.38. The maximum Gasteiger partial charge on any atom is 0.263 e. The number of carbonyl (C=O) groups excluding carboxylic acids is 1. The zero-order valence-corrected chi connectivity index (χ0v) is 15.8. The molecule has 2 aliphatic rings. The molecule has 2 saturated heterocycles. The van der Waals surface area contributed by atoms with Crippen LogP contribution in [0.3, 0.4) is 0 Å². The van der Waals surface area contributed by atoms with Crippen molar-refractivity contribution in [3.8, 4) is 0 Å². The van der Waals surface area contributed by atoms with Crippen molar-refractivity contribution in [2.45, 2.75) is 12.5 Å². The number of carbonyl (C=O) groups is 1. The first-order valence-electron chi connectivity index (χ1n) is 9.40. The van der Waals surface area contributed by atoms with E-state index < -0.39 is 0 Å². The van der Waals surface area contributed by atoms with Crippen molar-refractivity contribution >= 4 is 22.8 Å². The third-order valence-electron chi connectivity index (χ3n) is 5.47. The molecule has 144 valence electrons. The molecule has 3 heterocycles. The van der Waals surface area contributed by atoms with Crippen molar-refractivity contribution in [1.29, 1.82) is 0 Å². The Morgan fingerprint density at radius 3 is 2.59 bits per heavy atom. The van der Waals surface area contributed by atoms with Crippen molar-refractivity contribution in [2.24, 2.45) is 0 Å². The predicted octanol–water partition coefficient (Wildman–Crippen LogP) is 1.41. The summed E-state index contributed by atoms with van der Waals surface area (Å²) < 4.78 is 11.5. The molecule has 1 aromatic heterocycles. The first-order chi connectivity index (χ1) is 13.1. The van der Waals surface area contributed by atoms with Crippen LogP contribution in [-0.4, -0.2) is 75.2 Å². The zero-order valence-electron chi connectivity index (χ0n) is 15.8. The van der Waals surface area contributed by atoms with Gasteiger partial charge in [0.1, 0.15) is 11.1 Å². The summed E-state index contributed by atoms with van der Waals surface area (Å²) in [6, 6.07) is 7.42. The highest BCUT2D eigenvalue weighted by molar-refractivity contribution is 6.01. The number of nitrogens with zero attached hydrogens (tertiary/aromatic N) is 3. The summed E-state index contributed by atoms with van der Waals surface area (Å²) in [4.78, 5) is 32.4. The van der Waals surface area contributed by atoms with Gasteiger partial charge in [-0.1, -0.05) is 12.1 Å². The van der Waals surface area contributed by atoms with Crippen molar-refractivity contribution in [3.05, 3.63) is 40.1 Å². The molecule has 1 atom stereocenters. The highest BCUT2D eigenvalue weighted by atomic mass is 16.5. The Balaban J connectivity index is 1.79. The van der Waals surface area contributed by atoms with Gasteiger partial charge in [-0.3, -0.25) is 9.59 Å². The monoisotopic (exact) mass is 371 g/mol. The van der Waals surface area contributed by atoms with E-state index in [2.05, 4.69) is 4.90 Å². The number of ether oxygens (including phenoxy) is 1. The molecule has 0 saturated carbocycles. The summed E-state index contributed by atoms with van der Waals surface area (Å²) in [6.07, 6.45) is 0.907. The Morgan fingerprint density at radius 1 is 1.15 bits per heavy atom. The topological polar surface area (TPSA) is 66.2 Å². The van der Waals surface area contributed by atoms with Crippen LogP contribution in [0.4, 0.5) is 5.88 Å². The van der Waals surface area contributed by atoms with E-state index in [1.807, 2.05) is 25.1 Å². The van der Waals surface area contributed by atoms with Crippen molar-refractivity contribution in [2.75, 3.05) is 58.4 Å². The zero-order chi connectivity index (χ0) is 19.0. The molecule has 2 fully saturated rings. The molecule has 1 unspecified atom stereocenters. The molecule has 1 aromatic carbocycles. The van der Waals surface area contributed by atoms with Crippen LogP contribution in [0.15, 0.2) is 33.5 Å². The van der Waals surface area contributed by atoms with Crippen molar-refractivity contribution in [3.63, 3.8) is 0 Å². The Morgan fingerprint density at radius 2 is 1.89 bits per heavy atom. The fraction of sp³-hybridized carbons (Fsp3) is 0.500. The van der Waals surface area contributed by atoms with Crippen LogP contribution in [0.5, 0.6) is 0 Å². The average Bonchev–Trinajstić information content (AvgIpc) is 3.19. The minimum Gasteiger partial charge on any atom is -0.439 e. The molecule has 0 bridgehead atoms. The number of likely N-dealkylation sites (N-methyl/N-ethyl adjacent to an activating group) is 1. The number of amides is 1. The number of benzene rings is 1. The third kappa shape index (κ3) is 3.33. The highest BCUT2D eigenvalue weighted by Crippen LogP contribution is 2.27. The number of fused-ring (bicyclic) bond motifs is 1. The normalized spacial score (nSPS) is 20.6. The molecule has 1 amide bonds. The number of anilines is 1. The molecular formula is C20H25N3O4. The minimum atomic E-state index is -0.253. The molecule has 2 aromatic rings. The van der Waals surface area contributed by atoms with Crippen LogP contribution in [0.1, 0.15) is 16.8 Å². The van der Waals surface area contributed by atoms with E-state index in [4.69, 9.17) is 9.15 Å². The van der Waals surface area contributed by atoms with E-state index in [0.29, 0.717) is 62.3 Å². The summed E-state index contributed by atoms with van der Waals surface area (Å²) in [6.45, 7) is 3.58. The lowest BCUT2D eigenvalue weighted by molar-refractivity contribution is 0.0778. The van der Waals surface area contributed by atoms with Crippen LogP contribution >= 0.6 is 0 Å². The van der Waals surface area contributed by atoms with E-state index in [1.165, 1.54) is 0 Å². The number of hydrogen-bond acceptors (Lipinski definition) is 6. The van der Waals surface area contributed by atoms with Crippen molar-refractivity contribution < 1.29 is 13.9 Å². The average molecular weight is 371 g/mol. The van der Waals surface area contributed by atoms with Gasteiger partial charge in [-0.05, 0) is 32.6 Å². The van der Waals surface area contributed by atoms with Crippen LogP contribution in [0.25, 0.3) is 11.0 Å². The number of morpholine rings is 1. The van der Waals surface area contributed by atoms with E-state index in [-0.39, 0.29) is 16.9 Å². The Bertz CT molecular complexity index is 902. The van der Waals surface area contributed by atoms with Gasteiger partial charge in [0.25, 0.3) is 5.91 Å². The largest absolute Gasteiger partial charge is 0.439 e. The minimum absolute atomic E-state index is 0.148. The maximum absolute atomic E-state index is 13.3. The quantitative estimate of drug-likeness (QED) is 0.813. The fourth-order valence-electron chi connectivity index (χ4n) is 3.81. The summed E-state index contributed by atoms with van der Waals surface area (Å²) in [7, 11) is 4.03. The molecule has 0 spiro atoms. The van der Waals surface area contributed by atoms with Gasteiger partial charge in [0.2, 0.25) is 11.3 Å². The van der Waals surface area contributed by atoms with E-state index in [9.17, 15) is 9.59 Å². The summed E-state index contributed by atoms with van der Waals surface area (Å²) >= 11 is 0. The molecule has 7 heteroatoms. The third-order valence-corrected chi connectivity index (χ3v) is 5.47. The first kappa shape index (κ1) is 18.0. The van der Waals surface area contributed by atoms with Gasteiger partial charge < -0.3 is 23.9 Å². The van der Waals surface area contributed by atoms with Crippen molar-refractivity contribution in [1.82, 2.24) is 9.80 Å². The van der Waals surface area contributed by atoms with Gasteiger partial charge in [-0.15, -0.1) is 0 Å². The molecule has 0 radical (unpaired) electrons. The van der Waals surface area contributed by atoms with E-state index >= 15 is 0 Å². The second-order valence-corrected chi connectivity index (χ2v) is 7.36. The van der Waals surface area contributed by atoms with Crippen LogP contribution in [-0.2, 0) is 4.74 Å². The van der Waals surface area contributed by atoms with E-state index in [1.54, 1.807) is 23.1 Å². The standard InChI is InChI=1S/C20H25N3O4/c1-21(2)14-7-8-23(13-14)19(25)17-18(24)15-5-3-4-6-16(15)27-20(17)22-9-11-26-12-10-22/h3-6,14H,7-13H2,1-2H3. The fourth-order valence-corrected chi connectivity index (χ4v) is 3.81. The number of para-hydroxylation sites is 1. The second kappa shape index (κ2) is 7.32. The SMILES string of the molecule is CN(C)C1CCN(C(=O)c2c(N3CCOCC3)oc3ccccc3c2=O)C1. The molecule has 0 aliphatic carbocycles. The number of likely N-dealkylation sites (tertiary alicyclic amines) is 1. The number of rotatable bonds is 3. The highest BCUT2D eigenvalue weighted by Gasteiger charge is 2.33. The van der Waals surface area contributed by atoms with Crippen LogP contribution < -0.4 is 10.3 Å². The molecule has 27 heavy (non-hydrogen) atoms. The predicted molar refractivity (Wildman–Crippen MR) is 104 cm³/mol. The van der Waals surface area contributed by atoms with Gasteiger partial charge in [0.05, 0.1) is 18.6 Å². The summed E-state index contributed by atoms with van der Waals surface area (Å²) in [5.41, 5.74) is 0.403. The van der Waals surface area contributed by atoms with Gasteiger partial charge in [0, 0.05) is 32.2 Å². The first-order valence-corrected chi connectivity index (χ1v) is 9.40. The maximum atomic E-state index is 13.3. The molecule has 7 nitrogen and oxygen atoms in total. The van der Waals surface area contributed by atoms with Crippen LogP contribution in [0, 0.1) is 0 Å². The smallest absolute Gasteiger partial charge is 0.263 e. The second-order valence-electron chi connectivity index (χ2n) is 7.36. The van der Waals surface area contributed by atoms with E-state index in [0.717, 1.165) is 6.42 Å². The summed E-state index contributed by atoms with van der Waals surface area (Å²) in [5, 5.41) is 0.446. The van der Waals surface area contributed by atoms with Crippen LogP contribution in [0.2, 0.25) is 0 Å². The Labute approximate surface area is 158 Å². The van der Waals surface area contributed by atoms with Gasteiger partial charge in [-0.25, -0.2) is 0 Å². The lowest BCUT2D eigenvalue weighted by atomic mass is 10.1. The molecular weight excluding hydrogens is 346 g/mol. The lowest BCUT2D eigenvalue weighted by Crippen LogP contribution is -2.41. The summed E-state index contributed by atoms with van der Waals surface area (Å²) in [5.74, 6) is 0.139. The molecule has 4 rings (SSSR count). The lowest BCUT2D eigenvalue weighted by Gasteiger charge is -2.29. The van der Waals surface area contributed by atoms with Gasteiger partial charge in [-0.2, -0.15) is 0 Å². The van der Waals surface area contributed by atoms with Gasteiger partial charge in [0.15, 0.2) is 0 Å².